The molecule has 25 heavy (non-hydrogen) atoms. The number of nitrogens with zero attached hydrogens (tertiary/aromatic N) is 5. The molecule has 0 saturated heterocycles. The Bertz CT molecular complexity index is 1110. The molecule has 0 aliphatic heterocycles. The van der Waals surface area contributed by atoms with Crippen LogP contribution >= 0.6 is 0 Å². The monoisotopic (exact) mass is 331 g/mol. The Labute approximate surface area is 144 Å². The Hall–Kier alpha value is -3.28. The zero-order valence-corrected chi connectivity index (χ0v) is 14.0. The minimum absolute atomic E-state index is 0.119. The van der Waals surface area contributed by atoms with Gasteiger partial charge >= 0.3 is 0 Å². The highest BCUT2D eigenvalue weighted by Gasteiger charge is 2.13. The van der Waals surface area contributed by atoms with E-state index >= 15 is 0 Å². The van der Waals surface area contributed by atoms with Gasteiger partial charge in [-0.2, -0.15) is 5.10 Å². The molecule has 4 rings (SSSR count). The third kappa shape index (κ3) is 2.71. The van der Waals surface area contributed by atoms with Crippen LogP contribution in [-0.2, 0) is 6.54 Å². The maximum Gasteiger partial charge on any atom is 0.264 e. The smallest absolute Gasteiger partial charge is 0.264 e. The Morgan fingerprint density at radius 2 is 1.96 bits per heavy atom. The number of hydrogen-bond acceptors (Lipinski definition) is 4. The Balaban J connectivity index is 1.81. The molecule has 0 saturated carbocycles. The van der Waals surface area contributed by atoms with Gasteiger partial charge in [0.05, 0.1) is 24.1 Å². The largest absolute Gasteiger partial charge is 0.292 e. The highest BCUT2D eigenvalue weighted by Crippen LogP contribution is 2.18. The maximum atomic E-state index is 12.8. The lowest BCUT2D eigenvalue weighted by Gasteiger charge is -2.08. The van der Waals surface area contributed by atoms with Gasteiger partial charge in [0.1, 0.15) is 11.7 Å². The van der Waals surface area contributed by atoms with Gasteiger partial charge in [0, 0.05) is 6.20 Å². The fourth-order valence-corrected chi connectivity index (χ4v) is 2.95. The first kappa shape index (κ1) is 15.3. The second-order valence-electron chi connectivity index (χ2n) is 6.08. The molecule has 0 atom stereocenters. The summed E-state index contributed by atoms with van der Waals surface area (Å²) in [4.78, 5) is 21.5. The molecule has 0 bridgehead atoms. The van der Waals surface area contributed by atoms with Crippen molar-refractivity contribution in [1.29, 1.82) is 0 Å². The minimum Gasteiger partial charge on any atom is -0.292 e. The van der Waals surface area contributed by atoms with E-state index in [4.69, 9.17) is 0 Å². The highest BCUT2D eigenvalue weighted by molar-refractivity contribution is 5.75. The van der Waals surface area contributed by atoms with E-state index in [1.807, 2.05) is 44.2 Å². The van der Waals surface area contributed by atoms with Crippen molar-refractivity contribution in [3.05, 3.63) is 82.3 Å². The molecule has 1 aromatic carbocycles. The van der Waals surface area contributed by atoms with E-state index in [2.05, 4.69) is 21.1 Å². The number of aryl methyl sites for hydroxylation is 2. The number of pyridine rings is 1. The van der Waals surface area contributed by atoms with Crippen LogP contribution in [0, 0.1) is 13.8 Å². The predicted molar refractivity (Wildman–Crippen MR) is 95.9 cm³/mol. The van der Waals surface area contributed by atoms with Gasteiger partial charge in [-0.3, -0.25) is 14.3 Å². The molecule has 0 N–H and O–H groups in total. The number of aromatic nitrogens is 5. The lowest BCUT2D eigenvalue weighted by Crippen LogP contribution is -2.21. The number of rotatable bonds is 3. The molecule has 0 unspecified atom stereocenters. The van der Waals surface area contributed by atoms with Crippen molar-refractivity contribution in [2.45, 2.75) is 20.4 Å². The third-order valence-electron chi connectivity index (χ3n) is 4.19. The van der Waals surface area contributed by atoms with Crippen LogP contribution in [0.2, 0.25) is 0 Å². The summed E-state index contributed by atoms with van der Waals surface area (Å²) in [5.41, 5.74) is 4.45. The van der Waals surface area contributed by atoms with Crippen LogP contribution in [0.4, 0.5) is 0 Å². The molecule has 0 aliphatic rings. The average molecular weight is 331 g/mol. The lowest BCUT2D eigenvalue weighted by molar-refractivity contribution is 0.727. The SMILES string of the molecule is Cc1ccc(-n2ncc3c(=O)n(Cc4ccccn4)cnc32)c(C)c1. The van der Waals surface area contributed by atoms with Crippen LogP contribution in [0.3, 0.4) is 0 Å². The number of fused-ring (bicyclic) bond motifs is 1. The summed E-state index contributed by atoms with van der Waals surface area (Å²) in [6.45, 7) is 4.46. The molecule has 4 aromatic rings. The van der Waals surface area contributed by atoms with Crippen LogP contribution in [0.15, 0.2) is 59.9 Å². The first-order valence-corrected chi connectivity index (χ1v) is 8.04. The number of benzene rings is 1. The molecule has 3 heterocycles. The molecule has 3 aromatic heterocycles. The molecule has 0 radical (unpaired) electrons. The van der Waals surface area contributed by atoms with Crippen molar-refractivity contribution in [3.63, 3.8) is 0 Å². The van der Waals surface area contributed by atoms with E-state index in [-0.39, 0.29) is 5.56 Å². The van der Waals surface area contributed by atoms with E-state index in [0.717, 1.165) is 16.9 Å². The van der Waals surface area contributed by atoms with Crippen molar-refractivity contribution in [3.8, 4) is 5.69 Å². The lowest BCUT2D eigenvalue weighted by atomic mass is 10.1. The zero-order valence-electron chi connectivity index (χ0n) is 14.0. The van der Waals surface area contributed by atoms with Gasteiger partial charge in [-0.05, 0) is 37.6 Å². The molecule has 0 spiro atoms. The standard InChI is InChI=1S/C19H17N5O/c1-13-6-7-17(14(2)9-13)24-18-16(10-22-24)19(25)23(12-21-18)11-15-5-3-4-8-20-15/h3-10,12H,11H2,1-2H3. The van der Waals surface area contributed by atoms with Gasteiger partial charge in [0.25, 0.3) is 5.56 Å². The summed E-state index contributed by atoms with van der Waals surface area (Å²) in [5, 5.41) is 4.89. The molecule has 6 heteroatoms. The Morgan fingerprint density at radius 3 is 2.72 bits per heavy atom. The van der Waals surface area contributed by atoms with E-state index in [1.54, 1.807) is 28.0 Å². The summed E-state index contributed by atoms with van der Waals surface area (Å²) in [6.07, 6.45) is 4.85. The summed E-state index contributed by atoms with van der Waals surface area (Å²) < 4.78 is 3.27. The topological polar surface area (TPSA) is 65.6 Å². The fourth-order valence-electron chi connectivity index (χ4n) is 2.95. The second kappa shape index (κ2) is 5.98. The average Bonchev–Trinajstić information content (AvgIpc) is 3.03. The van der Waals surface area contributed by atoms with E-state index in [9.17, 15) is 4.79 Å². The zero-order chi connectivity index (χ0) is 17.4. The van der Waals surface area contributed by atoms with Gasteiger partial charge in [0.15, 0.2) is 5.65 Å². The molecule has 0 amide bonds. The Kier molecular flexibility index (Phi) is 3.65. The van der Waals surface area contributed by atoms with E-state index in [0.29, 0.717) is 17.6 Å². The van der Waals surface area contributed by atoms with Gasteiger partial charge in [-0.1, -0.05) is 23.8 Å². The molecule has 124 valence electrons. The first-order valence-electron chi connectivity index (χ1n) is 8.04. The first-order chi connectivity index (χ1) is 12.1. The predicted octanol–water partition coefficient (Wildman–Crippen LogP) is 2.64. The van der Waals surface area contributed by atoms with Gasteiger partial charge in [-0.15, -0.1) is 0 Å². The third-order valence-corrected chi connectivity index (χ3v) is 4.19. The van der Waals surface area contributed by atoms with Crippen LogP contribution in [0.25, 0.3) is 16.7 Å². The van der Waals surface area contributed by atoms with Crippen molar-refractivity contribution in [2.24, 2.45) is 0 Å². The maximum absolute atomic E-state index is 12.8. The van der Waals surface area contributed by atoms with Gasteiger partial charge in [-0.25, -0.2) is 9.67 Å². The van der Waals surface area contributed by atoms with Crippen LogP contribution < -0.4 is 5.56 Å². The minimum atomic E-state index is -0.119. The molecule has 6 nitrogen and oxygen atoms in total. The molecule has 0 aliphatic carbocycles. The van der Waals surface area contributed by atoms with Crippen LogP contribution in [0.1, 0.15) is 16.8 Å². The quantitative estimate of drug-likeness (QED) is 0.579. The number of hydrogen-bond donors (Lipinski definition) is 0. The summed E-state index contributed by atoms with van der Waals surface area (Å²) >= 11 is 0. The van der Waals surface area contributed by atoms with Crippen LogP contribution in [-0.4, -0.2) is 24.3 Å². The normalized spacial score (nSPS) is 11.1. The van der Waals surface area contributed by atoms with Gasteiger partial charge in [0.2, 0.25) is 0 Å². The molecule has 0 fully saturated rings. The Morgan fingerprint density at radius 1 is 1.08 bits per heavy atom. The van der Waals surface area contributed by atoms with E-state index < -0.39 is 0 Å². The summed E-state index contributed by atoms with van der Waals surface area (Å²) in [5.74, 6) is 0. The highest BCUT2D eigenvalue weighted by atomic mass is 16.1. The van der Waals surface area contributed by atoms with E-state index in [1.165, 1.54) is 5.56 Å². The van der Waals surface area contributed by atoms with Crippen molar-refractivity contribution >= 4 is 11.0 Å². The fraction of sp³-hybridized carbons (Fsp3) is 0.158. The second-order valence-corrected chi connectivity index (χ2v) is 6.08. The summed E-state index contributed by atoms with van der Waals surface area (Å²) in [7, 11) is 0. The van der Waals surface area contributed by atoms with Crippen molar-refractivity contribution in [1.82, 2.24) is 24.3 Å². The molecular formula is C19H17N5O. The summed E-state index contributed by atoms with van der Waals surface area (Å²) in [6, 6.07) is 11.7. The van der Waals surface area contributed by atoms with Crippen molar-refractivity contribution in [2.75, 3.05) is 0 Å². The molecular weight excluding hydrogens is 314 g/mol. The van der Waals surface area contributed by atoms with Gasteiger partial charge < -0.3 is 0 Å². The van der Waals surface area contributed by atoms with Crippen LogP contribution in [0.5, 0.6) is 0 Å². The van der Waals surface area contributed by atoms with Crippen molar-refractivity contribution < 1.29 is 0 Å².